The van der Waals surface area contributed by atoms with E-state index in [0.717, 1.165) is 5.56 Å². The Bertz CT molecular complexity index is 496. The van der Waals surface area contributed by atoms with Crippen LogP contribution >= 0.6 is 0 Å². The van der Waals surface area contributed by atoms with Crippen LogP contribution in [0.2, 0.25) is 0 Å². The quantitative estimate of drug-likeness (QED) is 0.571. The van der Waals surface area contributed by atoms with Crippen LogP contribution in [0.5, 0.6) is 0 Å². The predicted octanol–water partition coefficient (Wildman–Crippen LogP) is 0.251. The van der Waals surface area contributed by atoms with E-state index in [2.05, 4.69) is 9.46 Å². The van der Waals surface area contributed by atoms with Crippen LogP contribution < -0.4 is 10.5 Å². The molecule has 0 aromatic heterocycles. The van der Waals surface area contributed by atoms with Gasteiger partial charge in [0.05, 0.1) is 19.3 Å². The molecule has 0 saturated heterocycles. The molecule has 0 unspecified atom stereocenters. The van der Waals surface area contributed by atoms with Gasteiger partial charge in [0.25, 0.3) is 0 Å². The number of nitrogens with two attached hydrogens (primary N) is 1. The van der Waals surface area contributed by atoms with E-state index in [0.29, 0.717) is 5.69 Å². The standard InChI is InChI=1S/C11H16N2O4S/c1-17-11(14)6-7-18(15,16)13-8-9-2-4-10(12)5-3-9/h2-5,13H,6-8,12H2,1H3. The van der Waals surface area contributed by atoms with Crippen LogP contribution in [0.15, 0.2) is 24.3 Å². The molecule has 0 aliphatic rings. The third-order valence-corrected chi connectivity index (χ3v) is 3.60. The average Bonchev–Trinajstić information content (AvgIpc) is 2.35. The largest absolute Gasteiger partial charge is 0.469 e. The second-order valence-electron chi connectivity index (χ2n) is 3.71. The molecule has 3 N–H and O–H groups in total. The van der Waals surface area contributed by atoms with Crippen molar-refractivity contribution < 1.29 is 17.9 Å². The van der Waals surface area contributed by atoms with Gasteiger partial charge in [-0.1, -0.05) is 12.1 Å². The Hall–Kier alpha value is -1.60. The highest BCUT2D eigenvalue weighted by molar-refractivity contribution is 7.89. The van der Waals surface area contributed by atoms with E-state index < -0.39 is 16.0 Å². The Morgan fingerprint density at radius 1 is 1.33 bits per heavy atom. The van der Waals surface area contributed by atoms with E-state index in [9.17, 15) is 13.2 Å². The number of nitrogen functional groups attached to an aromatic ring is 1. The van der Waals surface area contributed by atoms with Crippen LogP contribution in [0.1, 0.15) is 12.0 Å². The molecule has 0 aliphatic heterocycles. The number of sulfonamides is 1. The zero-order chi connectivity index (χ0) is 13.6. The summed E-state index contributed by atoms with van der Waals surface area (Å²) < 4.78 is 29.9. The van der Waals surface area contributed by atoms with Gasteiger partial charge < -0.3 is 10.5 Å². The first-order valence-corrected chi connectivity index (χ1v) is 6.97. The lowest BCUT2D eigenvalue weighted by molar-refractivity contribution is -0.140. The summed E-state index contributed by atoms with van der Waals surface area (Å²) in [6.07, 6.45) is -0.159. The Labute approximate surface area is 106 Å². The van der Waals surface area contributed by atoms with Crippen LogP contribution in [-0.2, 0) is 26.1 Å². The van der Waals surface area contributed by atoms with Crippen molar-refractivity contribution in [3.8, 4) is 0 Å². The minimum Gasteiger partial charge on any atom is -0.469 e. The molecule has 0 heterocycles. The number of rotatable bonds is 6. The number of carbonyl (C=O) groups excluding carboxylic acids is 1. The Morgan fingerprint density at radius 3 is 2.50 bits per heavy atom. The summed E-state index contributed by atoms with van der Waals surface area (Å²) in [4.78, 5) is 10.8. The zero-order valence-corrected chi connectivity index (χ0v) is 10.9. The lowest BCUT2D eigenvalue weighted by Gasteiger charge is -2.06. The molecule has 0 bridgehead atoms. The second kappa shape index (κ2) is 6.36. The summed E-state index contributed by atoms with van der Waals surface area (Å²) in [5, 5.41) is 0. The van der Waals surface area contributed by atoms with Crippen molar-refractivity contribution in [1.82, 2.24) is 4.72 Å². The number of benzene rings is 1. The van der Waals surface area contributed by atoms with E-state index in [-0.39, 0.29) is 18.7 Å². The van der Waals surface area contributed by atoms with Crippen LogP contribution in [0.4, 0.5) is 5.69 Å². The molecule has 0 amide bonds. The Balaban J connectivity index is 2.46. The number of ether oxygens (including phenoxy) is 1. The van der Waals surface area contributed by atoms with Crippen LogP contribution in [-0.4, -0.2) is 27.2 Å². The molecule has 0 aliphatic carbocycles. The molecule has 100 valence electrons. The van der Waals surface area contributed by atoms with Crippen molar-refractivity contribution in [2.24, 2.45) is 0 Å². The van der Waals surface area contributed by atoms with E-state index in [1.54, 1.807) is 24.3 Å². The first-order valence-electron chi connectivity index (χ1n) is 5.31. The fourth-order valence-electron chi connectivity index (χ4n) is 1.22. The zero-order valence-electron chi connectivity index (χ0n) is 10.0. The Kier molecular flexibility index (Phi) is 5.11. The number of hydrogen-bond donors (Lipinski definition) is 2. The Morgan fingerprint density at radius 2 is 1.94 bits per heavy atom. The lowest BCUT2D eigenvalue weighted by Crippen LogP contribution is -2.27. The minimum absolute atomic E-state index is 0.159. The maximum atomic E-state index is 11.5. The molecule has 18 heavy (non-hydrogen) atoms. The molecule has 0 saturated carbocycles. The summed E-state index contributed by atoms with van der Waals surface area (Å²) in [6, 6.07) is 6.85. The summed E-state index contributed by atoms with van der Waals surface area (Å²) in [5.74, 6) is -0.831. The summed E-state index contributed by atoms with van der Waals surface area (Å²) in [7, 11) is -2.26. The molecular formula is C11H16N2O4S. The molecule has 7 heteroatoms. The highest BCUT2D eigenvalue weighted by Crippen LogP contribution is 2.05. The average molecular weight is 272 g/mol. The second-order valence-corrected chi connectivity index (χ2v) is 5.63. The molecule has 1 rings (SSSR count). The number of anilines is 1. The summed E-state index contributed by atoms with van der Waals surface area (Å²) >= 11 is 0. The number of esters is 1. The van der Waals surface area contributed by atoms with Crippen molar-refractivity contribution in [2.75, 3.05) is 18.6 Å². The smallest absolute Gasteiger partial charge is 0.306 e. The molecule has 1 aromatic carbocycles. The normalized spacial score (nSPS) is 11.2. The monoisotopic (exact) mass is 272 g/mol. The van der Waals surface area contributed by atoms with Crippen molar-refractivity contribution in [2.45, 2.75) is 13.0 Å². The number of methoxy groups -OCH3 is 1. The molecule has 1 aromatic rings. The fraction of sp³-hybridized carbons (Fsp3) is 0.364. The lowest BCUT2D eigenvalue weighted by atomic mass is 10.2. The van der Waals surface area contributed by atoms with E-state index in [4.69, 9.17) is 5.73 Å². The van der Waals surface area contributed by atoms with Gasteiger partial charge in [0, 0.05) is 12.2 Å². The van der Waals surface area contributed by atoms with E-state index in [1.165, 1.54) is 7.11 Å². The third-order valence-electron chi connectivity index (χ3n) is 2.28. The first-order chi connectivity index (χ1) is 8.43. The van der Waals surface area contributed by atoms with Gasteiger partial charge in [-0.15, -0.1) is 0 Å². The predicted molar refractivity (Wildman–Crippen MR) is 68.1 cm³/mol. The molecule has 0 radical (unpaired) electrons. The van der Waals surface area contributed by atoms with Crippen molar-refractivity contribution in [3.63, 3.8) is 0 Å². The SMILES string of the molecule is COC(=O)CCS(=O)(=O)NCc1ccc(N)cc1. The highest BCUT2D eigenvalue weighted by Gasteiger charge is 2.13. The van der Waals surface area contributed by atoms with Crippen LogP contribution in [0.25, 0.3) is 0 Å². The minimum atomic E-state index is -3.48. The summed E-state index contributed by atoms with van der Waals surface area (Å²) in [5.41, 5.74) is 6.93. The van der Waals surface area contributed by atoms with Crippen molar-refractivity contribution in [3.05, 3.63) is 29.8 Å². The topological polar surface area (TPSA) is 98.5 Å². The first kappa shape index (κ1) is 14.5. The maximum absolute atomic E-state index is 11.5. The highest BCUT2D eigenvalue weighted by atomic mass is 32.2. The van der Waals surface area contributed by atoms with Crippen molar-refractivity contribution >= 4 is 21.7 Å². The van der Waals surface area contributed by atoms with Gasteiger partial charge in [-0.05, 0) is 17.7 Å². The van der Waals surface area contributed by atoms with E-state index >= 15 is 0 Å². The third kappa shape index (κ3) is 5.15. The van der Waals surface area contributed by atoms with Crippen molar-refractivity contribution in [1.29, 1.82) is 0 Å². The fourth-order valence-corrected chi connectivity index (χ4v) is 2.19. The van der Waals surface area contributed by atoms with Gasteiger partial charge in [-0.2, -0.15) is 0 Å². The van der Waals surface area contributed by atoms with Gasteiger partial charge in [-0.25, -0.2) is 13.1 Å². The van der Waals surface area contributed by atoms with Crippen LogP contribution in [0, 0.1) is 0 Å². The number of carbonyl (C=O) groups is 1. The number of hydrogen-bond acceptors (Lipinski definition) is 5. The van der Waals surface area contributed by atoms with Gasteiger partial charge in [-0.3, -0.25) is 4.79 Å². The number of nitrogens with one attached hydrogen (secondary N) is 1. The van der Waals surface area contributed by atoms with E-state index in [1.807, 2.05) is 0 Å². The van der Waals surface area contributed by atoms with Gasteiger partial charge >= 0.3 is 5.97 Å². The molecule has 0 fully saturated rings. The van der Waals surface area contributed by atoms with Gasteiger partial charge in [0.15, 0.2) is 0 Å². The van der Waals surface area contributed by atoms with Gasteiger partial charge in [0.2, 0.25) is 10.0 Å². The molecule has 0 atom stereocenters. The molecule has 6 nitrogen and oxygen atoms in total. The summed E-state index contributed by atoms with van der Waals surface area (Å²) in [6.45, 7) is 0.170. The maximum Gasteiger partial charge on any atom is 0.306 e. The van der Waals surface area contributed by atoms with Crippen LogP contribution in [0.3, 0.4) is 0 Å². The van der Waals surface area contributed by atoms with Gasteiger partial charge in [0.1, 0.15) is 0 Å². The molecule has 0 spiro atoms. The molecular weight excluding hydrogens is 256 g/mol.